The topological polar surface area (TPSA) is 28.5 Å². The Morgan fingerprint density at radius 1 is 1.38 bits per heavy atom. The summed E-state index contributed by atoms with van der Waals surface area (Å²) in [5.41, 5.74) is 1.12. The summed E-state index contributed by atoms with van der Waals surface area (Å²) in [5, 5.41) is 0. The molecule has 1 rings (SSSR count). The van der Waals surface area contributed by atoms with Gasteiger partial charge in [-0.25, -0.2) is 0 Å². The van der Waals surface area contributed by atoms with Gasteiger partial charge in [0.05, 0.1) is 5.69 Å². The van der Waals surface area contributed by atoms with E-state index in [1.165, 1.54) is 0 Å². The zero-order chi connectivity index (χ0) is 12.0. The van der Waals surface area contributed by atoms with Crippen molar-refractivity contribution < 1.29 is 0 Å². The van der Waals surface area contributed by atoms with Gasteiger partial charge in [0.2, 0.25) is 0 Å². The summed E-state index contributed by atoms with van der Waals surface area (Å²) < 4.78 is 0. The molecule has 1 aromatic rings. The van der Waals surface area contributed by atoms with Gasteiger partial charge in [-0.15, -0.1) is 0 Å². The summed E-state index contributed by atoms with van der Waals surface area (Å²) in [6, 6.07) is 5.84. The number of nitrogens with zero attached hydrogens (tertiary/aromatic N) is 3. The van der Waals surface area contributed by atoms with E-state index in [0.717, 1.165) is 18.8 Å². The molecule has 0 saturated carbocycles. The number of rotatable bonds is 5. The van der Waals surface area contributed by atoms with Gasteiger partial charge in [-0.05, 0) is 31.6 Å². The molecular weight excluding hydrogens is 198 g/mol. The molecule has 3 nitrogen and oxygen atoms in total. The van der Waals surface area contributed by atoms with Crippen LogP contribution in [0.5, 0.6) is 0 Å². The van der Waals surface area contributed by atoms with Gasteiger partial charge in [0.15, 0.2) is 0 Å². The molecule has 88 valence electrons. The van der Waals surface area contributed by atoms with Crippen LogP contribution in [0.15, 0.2) is 29.4 Å². The molecule has 0 N–H and O–H groups in total. The van der Waals surface area contributed by atoms with Gasteiger partial charge in [-0.1, -0.05) is 19.9 Å². The standard InChI is InChI=1S/C13H21N3/c1-13(2,11-16(3)4)10-14-9-12-7-5-6-8-15-12/h5-9H,10-11H2,1-4H3. The number of aliphatic imine (C=N–C) groups is 1. The van der Waals surface area contributed by atoms with Gasteiger partial charge in [-0.2, -0.15) is 0 Å². The van der Waals surface area contributed by atoms with E-state index in [-0.39, 0.29) is 5.41 Å². The van der Waals surface area contributed by atoms with Crippen molar-refractivity contribution in [3.05, 3.63) is 30.1 Å². The SMILES string of the molecule is CN(C)CC(C)(C)CN=Cc1ccccn1. The Labute approximate surface area is 98.2 Å². The normalized spacial score (nSPS) is 12.6. The smallest absolute Gasteiger partial charge is 0.0807 e. The van der Waals surface area contributed by atoms with Gasteiger partial charge in [0.1, 0.15) is 0 Å². The quantitative estimate of drug-likeness (QED) is 0.709. The second-order valence-corrected chi connectivity index (χ2v) is 5.13. The van der Waals surface area contributed by atoms with Gasteiger partial charge < -0.3 is 4.90 Å². The van der Waals surface area contributed by atoms with E-state index < -0.39 is 0 Å². The molecule has 1 heterocycles. The summed E-state index contributed by atoms with van der Waals surface area (Å²) in [5.74, 6) is 0. The third-order valence-electron chi connectivity index (χ3n) is 2.17. The molecular formula is C13H21N3. The van der Waals surface area contributed by atoms with E-state index in [0.29, 0.717) is 0 Å². The van der Waals surface area contributed by atoms with Crippen molar-refractivity contribution in [2.75, 3.05) is 27.2 Å². The van der Waals surface area contributed by atoms with E-state index in [9.17, 15) is 0 Å². The Balaban J connectivity index is 2.48. The molecule has 0 bridgehead atoms. The van der Waals surface area contributed by atoms with Crippen molar-refractivity contribution >= 4 is 6.21 Å². The van der Waals surface area contributed by atoms with E-state index in [2.05, 4.69) is 42.8 Å². The Hall–Kier alpha value is -1.22. The molecule has 0 aliphatic heterocycles. The lowest BCUT2D eigenvalue weighted by molar-refractivity contribution is 0.249. The van der Waals surface area contributed by atoms with Crippen LogP contribution in [0.3, 0.4) is 0 Å². The van der Waals surface area contributed by atoms with Crippen molar-refractivity contribution in [1.82, 2.24) is 9.88 Å². The van der Waals surface area contributed by atoms with Crippen LogP contribution in [0.4, 0.5) is 0 Å². The van der Waals surface area contributed by atoms with Crippen molar-refractivity contribution in [3.8, 4) is 0 Å². The Morgan fingerprint density at radius 3 is 2.69 bits per heavy atom. The molecule has 0 fully saturated rings. The number of pyridine rings is 1. The minimum Gasteiger partial charge on any atom is -0.309 e. The summed E-state index contributed by atoms with van der Waals surface area (Å²) in [7, 11) is 4.18. The lowest BCUT2D eigenvalue weighted by atomic mass is 9.93. The Bertz CT molecular complexity index is 328. The molecule has 0 atom stereocenters. The van der Waals surface area contributed by atoms with Crippen LogP contribution in [-0.4, -0.2) is 43.3 Å². The van der Waals surface area contributed by atoms with E-state index in [1.807, 2.05) is 24.4 Å². The monoisotopic (exact) mass is 219 g/mol. The highest BCUT2D eigenvalue weighted by Gasteiger charge is 2.17. The molecule has 0 aliphatic carbocycles. The van der Waals surface area contributed by atoms with Crippen LogP contribution in [-0.2, 0) is 0 Å². The second-order valence-electron chi connectivity index (χ2n) is 5.13. The molecule has 0 aliphatic rings. The maximum atomic E-state index is 4.45. The van der Waals surface area contributed by atoms with Gasteiger partial charge in [0.25, 0.3) is 0 Å². The third-order valence-corrected chi connectivity index (χ3v) is 2.17. The van der Waals surface area contributed by atoms with Gasteiger partial charge in [0, 0.05) is 25.5 Å². The zero-order valence-electron chi connectivity index (χ0n) is 10.6. The van der Waals surface area contributed by atoms with E-state index >= 15 is 0 Å². The van der Waals surface area contributed by atoms with Crippen molar-refractivity contribution in [2.45, 2.75) is 13.8 Å². The Morgan fingerprint density at radius 2 is 2.12 bits per heavy atom. The maximum absolute atomic E-state index is 4.45. The first-order valence-corrected chi connectivity index (χ1v) is 5.55. The van der Waals surface area contributed by atoms with Crippen molar-refractivity contribution in [1.29, 1.82) is 0 Å². The molecule has 1 aromatic heterocycles. The molecule has 0 saturated heterocycles. The highest BCUT2D eigenvalue weighted by molar-refractivity contribution is 5.76. The Kier molecular flexibility index (Phi) is 4.62. The number of hydrogen-bond donors (Lipinski definition) is 0. The first kappa shape index (κ1) is 12.8. The summed E-state index contributed by atoms with van der Waals surface area (Å²) in [6.45, 7) is 6.31. The van der Waals surface area contributed by atoms with Crippen LogP contribution in [0.25, 0.3) is 0 Å². The van der Waals surface area contributed by atoms with Crippen LogP contribution < -0.4 is 0 Å². The lowest BCUT2D eigenvalue weighted by Gasteiger charge is -2.26. The molecule has 3 heteroatoms. The first-order chi connectivity index (χ1) is 7.49. The lowest BCUT2D eigenvalue weighted by Crippen LogP contribution is -2.30. The summed E-state index contributed by atoms with van der Waals surface area (Å²) in [4.78, 5) is 10.8. The number of hydrogen-bond acceptors (Lipinski definition) is 3. The van der Waals surface area contributed by atoms with Crippen molar-refractivity contribution in [3.63, 3.8) is 0 Å². The minimum atomic E-state index is 0.203. The van der Waals surface area contributed by atoms with Crippen LogP contribution in [0.2, 0.25) is 0 Å². The molecule has 0 spiro atoms. The van der Waals surface area contributed by atoms with Gasteiger partial charge >= 0.3 is 0 Å². The summed E-state index contributed by atoms with van der Waals surface area (Å²) >= 11 is 0. The highest BCUT2D eigenvalue weighted by atomic mass is 15.1. The second kappa shape index (κ2) is 5.75. The maximum Gasteiger partial charge on any atom is 0.0807 e. The predicted octanol–water partition coefficient (Wildman–Crippen LogP) is 2.09. The number of aromatic nitrogens is 1. The largest absolute Gasteiger partial charge is 0.309 e. The average molecular weight is 219 g/mol. The fourth-order valence-corrected chi connectivity index (χ4v) is 1.74. The average Bonchev–Trinajstić information content (AvgIpc) is 2.16. The fourth-order valence-electron chi connectivity index (χ4n) is 1.74. The third kappa shape index (κ3) is 5.03. The summed E-state index contributed by atoms with van der Waals surface area (Å²) in [6.07, 6.45) is 3.63. The minimum absolute atomic E-state index is 0.203. The molecule has 0 radical (unpaired) electrons. The highest BCUT2D eigenvalue weighted by Crippen LogP contribution is 2.15. The van der Waals surface area contributed by atoms with Crippen LogP contribution >= 0.6 is 0 Å². The van der Waals surface area contributed by atoms with E-state index in [1.54, 1.807) is 6.20 Å². The first-order valence-electron chi connectivity index (χ1n) is 5.55. The molecule has 0 amide bonds. The molecule has 0 aromatic carbocycles. The molecule has 0 unspecified atom stereocenters. The molecule has 16 heavy (non-hydrogen) atoms. The van der Waals surface area contributed by atoms with Gasteiger partial charge in [-0.3, -0.25) is 9.98 Å². The fraction of sp³-hybridized carbons (Fsp3) is 0.538. The zero-order valence-corrected chi connectivity index (χ0v) is 10.6. The van der Waals surface area contributed by atoms with E-state index in [4.69, 9.17) is 0 Å². The van der Waals surface area contributed by atoms with Crippen LogP contribution in [0.1, 0.15) is 19.5 Å². The van der Waals surface area contributed by atoms with Crippen molar-refractivity contribution in [2.24, 2.45) is 10.4 Å². The van der Waals surface area contributed by atoms with Crippen LogP contribution in [0, 0.1) is 5.41 Å². The predicted molar refractivity (Wildman–Crippen MR) is 69.0 cm³/mol.